The lowest BCUT2D eigenvalue weighted by Crippen LogP contribution is -1.97. The maximum absolute atomic E-state index is 10.1. The summed E-state index contributed by atoms with van der Waals surface area (Å²) in [5, 5.41) is 10.1. The first-order valence-corrected chi connectivity index (χ1v) is 7.36. The van der Waals surface area contributed by atoms with Crippen molar-refractivity contribution in [2.24, 2.45) is 0 Å². The molecule has 0 aliphatic carbocycles. The van der Waals surface area contributed by atoms with Crippen molar-refractivity contribution in [3.63, 3.8) is 0 Å². The first kappa shape index (κ1) is 14.4. The molecule has 0 saturated carbocycles. The molecule has 1 heterocycles. The number of hydrogen-bond donors (Lipinski definition) is 1. The van der Waals surface area contributed by atoms with Gasteiger partial charge in [-0.3, -0.25) is 0 Å². The van der Waals surface area contributed by atoms with Crippen LogP contribution in [0.25, 0.3) is 0 Å². The van der Waals surface area contributed by atoms with Crippen LogP contribution >= 0.6 is 22.9 Å². The first-order valence-electron chi connectivity index (χ1n) is 6.17. The van der Waals surface area contributed by atoms with Crippen molar-refractivity contribution in [2.45, 2.75) is 25.9 Å². The molecule has 1 atom stereocenters. The fourth-order valence-corrected chi connectivity index (χ4v) is 3.12. The molecule has 2 rings (SSSR count). The lowest BCUT2D eigenvalue weighted by Gasteiger charge is -2.08. The highest BCUT2D eigenvalue weighted by molar-refractivity contribution is 7.16. The number of ether oxygens (including phenoxy) is 1. The Balaban J connectivity index is 1.94. The standard InChI is InChI=1S/C15H17ClO2S/c1-10-9-14(19-15(10)16)13(17)8-5-11-3-6-12(18-2)7-4-11/h3-4,6-7,9,13,17H,5,8H2,1-2H3. The summed E-state index contributed by atoms with van der Waals surface area (Å²) < 4.78 is 5.88. The predicted octanol–water partition coefficient (Wildman–Crippen LogP) is 4.38. The summed E-state index contributed by atoms with van der Waals surface area (Å²) in [6, 6.07) is 9.89. The van der Waals surface area contributed by atoms with Gasteiger partial charge in [0.05, 0.1) is 17.6 Å². The highest BCUT2D eigenvalue weighted by Crippen LogP contribution is 2.32. The maximum Gasteiger partial charge on any atom is 0.118 e. The summed E-state index contributed by atoms with van der Waals surface area (Å²) in [7, 11) is 1.65. The van der Waals surface area contributed by atoms with E-state index in [2.05, 4.69) is 0 Å². The highest BCUT2D eigenvalue weighted by atomic mass is 35.5. The highest BCUT2D eigenvalue weighted by Gasteiger charge is 2.12. The minimum Gasteiger partial charge on any atom is -0.497 e. The molecule has 4 heteroatoms. The number of thiophene rings is 1. The summed E-state index contributed by atoms with van der Waals surface area (Å²) in [5.41, 5.74) is 2.23. The summed E-state index contributed by atoms with van der Waals surface area (Å²) in [6.07, 6.45) is 1.08. The van der Waals surface area contributed by atoms with Gasteiger partial charge in [-0.15, -0.1) is 11.3 Å². The van der Waals surface area contributed by atoms with E-state index in [0.717, 1.165) is 26.9 Å². The van der Waals surface area contributed by atoms with Gasteiger partial charge in [0.15, 0.2) is 0 Å². The number of halogens is 1. The van der Waals surface area contributed by atoms with Crippen molar-refractivity contribution < 1.29 is 9.84 Å². The third-order valence-electron chi connectivity index (χ3n) is 3.07. The van der Waals surface area contributed by atoms with Gasteiger partial charge in [0, 0.05) is 4.88 Å². The molecule has 2 nitrogen and oxygen atoms in total. The smallest absolute Gasteiger partial charge is 0.118 e. The number of methoxy groups -OCH3 is 1. The van der Waals surface area contributed by atoms with Gasteiger partial charge in [-0.25, -0.2) is 0 Å². The Labute approximate surface area is 122 Å². The molecule has 0 fully saturated rings. The fourth-order valence-electron chi connectivity index (χ4n) is 1.89. The minimum absolute atomic E-state index is 0.446. The molecule has 1 aromatic carbocycles. The molecule has 102 valence electrons. The Morgan fingerprint density at radius 3 is 2.53 bits per heavy atom. The minimum atomic E-state index is -0.446. The quantitative estimate of drug-likeness (QED) is 0.887. The van der Waals surface area contributed by atoms with Gasteiger partial charge in [0.1, 0.15) is 5.75 Å². The number of aliphatic hydroxyl groups excluding tert-OH is 1. The molecule has 0 spiro atoms. The third kappa shape index (κ3) is 3.72. The molecule has 0 aliphatic rings. The topological polar surface area (TPSA) is 29.5 Å². The molecule has 0 aliphatic heterocycles. The van der Waals surface area contributed by atoms with Crippen LogP contribution in [0, 0.1) is 6.92 Å². The Kier molecular flexibility index (Phi) is 4.86. The van der Waals surface area contributed by atoms with Crippen molar-refractivity contribution >= 4 is 22.9 Å². The second kappa shape index (κ2) is 6.42. The fraction of sp³-hybridized carbons (Fsp3) is 0.333. The van der Waals surface area contributed by atoms with E-state index < -0.39 is 6.10 Å². The molecule has 1 aromatic heterocycles. The van der Waals surface area contributed by atoms with E-state index in [9.17, 15) is 5.11 Å². The zero-order chi connectivity index (χ0) is 13.8. The number of rotatable bonds is 5. The average molecular weight is 297 g/mol. The number of benzene rings is 1. The Hall–Kier alpha value is -1.03. The second-order valence-corrected chi connectivity index (χ2v) is 6.19. The summed E-state index contributed by atoms with van der Waals surface area (Å²) in [5.74, 6) is 0.852. The van der Waals surface area contributed by atoms with Gasteiger partial charge in [-0.1, -0.05) is 23.7 Å². The molecular formula is C15H17ClO2S. The van der Waals surface area contributed by atoms with E-state index in [0.29, 0.717) is 6.42 Å². The van der Waals surface area contributed by atoms with E-state index in [1.54, 1.807) is 7.11 Å². The SMILES string of the molecule is COc1ccc(CCC(O)c2cc(C)c(Cl)s2)cc1. The zero-order valence-corrected chi connectivity index (χ0v) is 12.6. The van der Waals surface area contributed by atoms with Gasteiger partial charge < -0.3 is 9.84 Å². The van der Waals surface area contributed by atoms with Crippen molar-refractivity contribution in [1.82, 2.24) is 0 Å². The molecule has 2 aromatic rings. The monoisotopic (exact) mass is 296 g/mol. The molecule has 1 unspecified atom stereocenters. The average Bonchev–Trinajstić information content (AvgIpc) is 2.77. The number of hydrogen-bond acceptors (Lipinski definition) is 3. The number of aryl methyl sites for hydroxylation is 2. The van der Waals surface area contributed by atoms with Crippen LogP contribution in [0.5, 0.6) is 5.75 Å². The molecule has 0 amide bonds. The second-order valence-electron chi connectivity index (χ2n) is 4.51. The predicted molar refractivity (Wildman–Crippen MR) is 80.3 cm³/mol. The molecule has 0 saturated heterocycles. The van der Waals surface area contributed by atoms with Gasteiger partial charge in [-0.05, 0) is 49.1 Å². The largest absolute Gasteiger partial charge is 0.497 e. The lowest BCUT2D eigenvalue weighted by molar-refractivity contribution is 0.171. The van der Waals surface area contributed by atoms with E-state index >= 15 is 0 Å². The Morgan fingerprint density at radius 1 is 1.32 bits per heavy atom. The van der Waals surface area contributed by atoms with E-state index in [1.807, 2.05) is 37.3 Å². The number of aliphatic hydroxyl groups is 1. The van der Waals surface area contributed by atoms with Crippen LogP contribution in [0.15, 0.2) is 30.3 Å². The van der Waals surface area contributed by atoms with Gasteiger partial charge in [0.25, 0.3) is 0 Å². The maximum atomic E-state index is 10.1. The normalized spacial score (nSPS) is 12.4. The van der Waals surface area contributed by atoms with Crippen molar-refractivity contribution in [2.75, 3.05) is 7.11 Å². The molecule has 1 N–H and O–H groups in total. The van der Waals surface area contributed by atoms with Crippen LogP contribution in [-0.2, 0) is 6.42 Å². The van der Waals surface area contributed by atoms with E-state index in [-0.39, 0.29) is 0 Å². The summed E-state index contributed by atoms with van der Waals surface area (Å²) in [6.45, 7) is 1.96. The van der Waals surface area contributed by atoms with Crippen LogP contribution in [-0.4, -0.2) is 12.2 Å². The Bertz CT molecular complexity index is 514. The van der Waals surface area contributed by atoms with Crippen LogP contribution in [0.2, 0.25) is 4.34 Å². The molecule has 19 heavy (non-hydrogen) atoms. The summed E-state index contributed by atoms with van der Waals surface area (Å²) in [4.78, 5) is 0.941. The van der Waals surface area contributed by atoms with Crippen LogP contribution in [0.3, 0.4) is 0 Å². The van der Waals surface area contributed by atoms with Crippen molar-refractivity contribution in [3.05, 3.63) is 50.7 Å². The van der Waals surface area contributed by atoms with Crippen LogP contribution < -0.4 is 4.74 Å². The van der Waals surface area contributed by atoms with E-state index in [1.165, 1.54) is 16.9 Å². The molecule has 0 radical (unpaired) electrons. The van der Waals surface area contributed by atoms with Crippen molar-refractivity contribution in [3.8, 4) is 5.75 Å². The van der Waals surface area contributed by atoms with Crippen LogP contribution in [0.1, 0.15) is 28.5 Å². The molecule has 0 bridgehead atoms. The molecular weight excluding hydrogens is 280 g/mol. The first-order chi connectivity index (χ1) is 9.10. The van der Waals surface area contributed by atoms with Crippen LogP contribution in [0.4, 0.5) is 0 Å². The third-order valence-corrected chi connectivity index (χ3v) is 4.73. The van der Waals surface area contributed by atoms with Gasteiger partial charge >= 0.3 is 0 Å². The Morgan fingerprint density at radius 2 is 2.00 bits per heavy atom. The van der Waals surface area contributed by atoms with Crippen molar-refractivity contribution in [1.29, 1.82) is 0 Å². The lowest BCUT2D eigenvalue weighted by atomic mass is 10.1. The van der Waals surface area contributed by atoms with E-state index in [4.69, 9.17) is 16.3 Å². The van der Waals surface area contributed by atoms with Gasteiger partial charge in [-0.2, -0.15) is 0 Å². The zero-order valence-electron chi connectivity index (χ0n) is 11.0. The van der Waals surface area contributed by atoms with Gasteiger partial charge in [0.2, 0.25) is 0 Å². The summed E-state index contributed by atoms with van der Waals surface area (Å²) >= 11 is 7.48.